The molecule has 3 heteroatoms. The smallest absolute Gasteiger partial charge is 0.0987 e. The van der Waals surface area contributed by atoms with Crippen LogP contribution in [0, 0.1) is 11.8 Å². The Hall–Kier alpha value is -0.560. The van der Waals surface area contributed by atoms with E-state index >= 15 is 0 Å². The van der Waals surface area contributed by atoms with Gasteiger partial charge in [0.25, 0.3) is 0 Å². The van der Waals surface area contributed by atoms with E-state index in [1.54, 1.807) is 7.11 Å². The van der Waals surface area contributed by atoms with E-state index in [0.717, 1.165) is 19.6 Å². The minimum Gasteiger partial charge on any atom is -0.377 e. The first-order chi connectivity index (χ1) is 6.83. The third kappa shape index (κ3) is 2.71. The second-order valence-corrected chi connectivity index (χ2v) is 3.34. The van der Waals surface area contributed by atoms with Crippen molar-refractivity contribution in [2.75, 3.05) is 20.3 Å². The van der Waals surface area contributed by atoms with Gasteiger partial charge in [0.15, 0.2) is 0 Å². The summed E-state index contributed by atoms with van der Waals surface area (Å²) in [4.78, 5) is 0. The Kier molecular flexibility index (Phi) is 4.95. The van der Waals surface area contributed by atoms with E-state index in [4.69, 9.17) is 9.47 Å². The number of ether oxygens (including phenoxy) is 2. The van der Waals surface area contributed by atoms with E-state index < -0.39 is 0 Å². The number of hydrogen-bond donors (Lipinski definition) is 1. The van der Waals surface area contributed by atoms with E-state index in [1.165, 1.54) is 0 Å². The number of methoxy groups -OCH3 is 1. The van der Waals surface area contributed by atoms with E-state index in [1.807, 2.05) is 13.8 Å². The van der Waals surface area contributed by atoms with Crippen LogP contribution >= 0.6 is 0 Å². The zero-order chi connectivity index (χ0) is 10.4. The molecule has 80 valence electrons. The molecule has 0 aromatic rings. The second kappa shape index (κ2) is 6.02. The van der Waals surface area contributed by atoms with Gasteiger partial charge in [-0.1, -0.05) is 5.92 Å². The van der Waals surface area contributed by atoms with Crippen molar-refractivity contribution in [1.82, 2.24) is 5.32 Å². The summed E-state index contributed by atoms with van der Waals surface area (Å²) in [6, 6.07) is 0.400. The Labute approximate surface area is 86.2 Å². The first-order valence-corrected chi connectivity index (χ1v) is 5.10. The van der Waals surface area contributed by atoms with Crippen LogP contribution in [0.1, 0.15) is 20.3 Å². The Bertz CT molecular complexity index is 219. The molecular formula is C11H19NO2. The summed E-state index contributed by atoms with van der Waals surface area (Å²) in [5, 5.41) is 3.33. The highest BCUT2D eigenvalue weighted by Crippen LogP contribution is 2.26. The molecule has 0 saturated heterocycles. The highest BCUT2D eigenvalue weighted by Gasteiger charge is 2.41. The molecular weight excluding hydrogens is 178 g/mol. The van der Waals surface area contributed by atoms with Gasteiger partial charge >= 0.3 is 0 Å². The predicted octanol–water partition coefficient (Wildman–Crippen LogP) is 0.792. The fraction of sp³-hybridized carbons (Fsp3) is 0.818. The van der Waals surface area contributed by atoms with Gasteiger partial charge in [0.2, 0.25) is 0 Å². The lowest BCUT2D eigenvalue weighted by molar-refractivity contribution is -0.130. The van der Waals surface area contributed by atoms with Gasteiger partial charge in [-0.2, -0.15) is 0 Å². The average Bonchev–Trinajstić information content (AvgIpc) is 2.16. The van der Waals surface area contributed by atoms with Crippen molar-refractivity contribution in [3.8, 4) is 11.8 Å². The maximum Gasteiger partial charge on any atom is 0.0987 e. The molecule has 1 aliphatic rings. The summed E-state index contributed by atoms with van der Waals surface area (Å²) in [6.07, 6.45) is 1.48. The van der Waals surface area contributed by atoms with Crippen molar-refractivity contribution >= 4 is 0 Å². The third-order valence-corrected chi connectivity index (χ3v) is 2.53. The number of hydrogen-bond acceptors (Lipinski definition) is 3. The molecule has 1 aliphatic carbocycles. The first-order valence-electron chi connectivity index (χ1n) is 5.10. The Morgan fingerprint density at radius 2 is 2.29 bits per heavy atom. The zero-order valence-corrected chi connectivity index (χ0v) is 9.17. The molecule has 0 bridgehead atoms. The van der Waals surface area contributed by atoms with Crippen LogP contribution in [0.5, 0.6) is 0 Å². The topological polar surface area (TPSA) is 30.5 Å². The van der Waals surface area contributed by atoms with E-state index in [9.17, 15) is 0 Å². The van der Waals surface area contributed by atoms with Gasteiger partial charge < -0.3 is 14.8 Å². The molecule has 1 saturated carbocycles. The molecule has 3 unspecified atom stereocenters. The van der Waals surface area contributed by atoms with Crippen LogP contribution in [-0.2, 0) is 9.47 Å². The van der Waals surface area contributed by atoms with Gasteiger partial charge in [0, 0.05) is 19.8 Å². The highest BCUT2D eigenvalue weighted by molar-refractivity contribution is 5.02. The summed E-state index contributed by atoms with van der Waals surface area (Å²) in [7, 11) is 1.73. The average molecular weight is 197 g/mol. The minimum atomic E-state index is 0.189. The van der Waals surface area contributed by atoms with E-state index in [2.05, 4.69) is 17.2 Å². The SMILES string of the molecule is CC#CCNC1CC(OCC)C1OC. The van der Waals surface area contributed by atoms with Crippen LogP contribution in [0.4, 0.5) is 0 Å². The standard InChI is InChI=1S/C11H19NO2/c1-4-6-7-12-9-8-10(14-5-2)11(9)13-3/h9-12H,5,7-8H2,1-3H3. The maximum atomic E-state index is 5.52. The van der Waals surface area contributed by atoms with Crippen molar-refractivity contribution in [2.45, 2.75) is 38.5 Å². The molecule has 0 spiro atoms. The van der Waals surface area contributed by atoms with Crippen molar-refractivity contribution in [3.05, 3.63) is 0 Å². The van der Waals surface area contributed by atoms with Crippen molar-refractivity contribution in [3.63, 3.8) is 0 Å². The van der Waals surface area contributed by atoms with Crippen molar-refractivity contribution in [1.29, 1.82) is 0 Å². The van der Waals surface area contributed by atoms with Crippen LogP contribution < -0.4 is 5.32 Å². The summed E-state index contributed by atoms with van der Waals surface area (Å²) in [5.74, 6) is 5.84. The van der Waals surface area contributed by atoms with Crippen molar-refractivity contribution < 1.29 is 9.47 Å². The fourth-order valence-corrected chi connectivity index (χ4v) is 1.74. The molecule has 0 heterocycles. The molecule has 3 atom stereocenters. The zero-order valence-electron chi connectivity index (χ0n) is 9.17. The second-order valence-electron chi connectivity index (χ2n) is 3.34. The largest absolute Gasteiger partial charge is 0.377 e. The first kappa shape index (κ1) is 11.5. The molecule has 0 amide bonds. The quantitative estimate of drug-likeness (QED) is 0.661. The van der Waals surface area contributed by atoms with Gasteiger partial charge in [-0.15, -0.1) is 5.92 Å². The molecule has 1 fully saturated rings. The Morgan fingerprint density at radius 1 is 1.50 bits per heavy atom. The lowest BCUT2D eigenvalue weighted by Gasteiger charge is -2.43. The normalized spacial score (nSPS) is 30.4. The van der Waals surface area contributed by atoms with Crippen LogP contribution in [0.15, 0.2) is 0 Å². The van der Waals surface area contributed by atoms with Crippen LogP contribution in [0.3, 0.4) is 0 Å². The molecule has 1 rings (SSSR count). The maximum absolute atomic E-state index is 5.52. The molecule has 0 aromatic heterocycles. The Balaban J connectivity index is 2.24. The summed E-state index contributed by atoms with van der Waals surface area (Å²) >= 11 is 0. The van der Waals surface area contributed by atoms with Crippen LogP contribution in [0.2, 0.25) is 0 Å². The number of nitrogens with one attached hydrogen (secondary N) is 1. The van der Waals surface area contributed by atoms with Crippen LogP contribution in [-0.4, -0.2) is 38.5 Å². The molecule has 0 aromatic carbocycles. The molecule has 1 N–H and O–H groups in total. The van der Waals surface area contributed by atoms with Gasteiger partial charge in [-0.05, 0) is 20.3 Å². The monoisotopic (exact) mass is 197 g/mol. The van der Waals surface area contributed by atoms with Crippen molar-refractivity contribution in [2.24, 2.45) is 0 Å². The van der Waals surface area contributed by atoms with Gasteiger partial charge in [-0.3, -0.25) is 0 Å². The van der Waals surface area contributed by atoms with E-state index in [0.29, 0.717) is 6.04 Å². The number of rotatable bonds is 5. The van der Waals surface area contributed by atoms with Crippen LogP contribution in [0.25, 0.3) is 0 Å². The third-order valence-electron chi connectivity index (χ3n) is 2.53. The Morgan fingerprint density at radius 3 is 2.86 bits per heavy atom. The summed E-state index contributed by atoms with van der Waals surface area (Å²) < 4.78 is 10.9. The lowest BCUT2D eigenvalue weighted by Crippen LogP contribution is -2.59. The minimum absolute atomic E-state index is 0.189. The summed E-state index contributed by atoms with van der Waals surface area (Å²) in [6.45, 7) is 5.35. The van der Waals surface area contributed by atoms with Gasteiger partial charge in [0.05, 0.1) is 18.8 Å². The molecule has 0 radical (unpaired) electrons. The van der Waals surface area contributed by atoms with E-state index in [-0.39, 0.29) is 12.2 Å². The molecule has 14 heavy (non-hydrogen) atoms. The lowest BCUT2D eigenvalue weighted by atomic mass is 9.85. The van der Waals surface area contributed by atoms with Gasteiger partial charge in [-0.25, -0.2) is 0 Å². The summed E-state index contributed by atoms with van der Waals surface area (Å²) in [5.41, 5.74) is 0. The predicted molar refractivity (Wildman–Crippen MR) is 56.1 cm³/mol. The molecule has 3 nitrogen and oxygen atoms in total. The highest BCUT2D eigenvalue weighted by atomic mass is 16.5. The van der Waals surface area contributed by atoms with Gasteiger partial charge in [0.1, 0.15) is 0 Å². The fourth-order valence-electron chi connectivity index (χ4n) is 1.74. The molecule has 0 aliphatic heterocycles.